The lowest BCUT2D eigenvalue weighted by Crippen LogP contribution is -2.44. The van der Waals surface area contributed by atoms with Gasteiger partial charge in [0.1, 0.15) is 9.75 Å². The van der Waals surface area contributed by atoms with Gasteiger partial charge in [-0.3, -0.25) is 25.2 Å². The fraction of sp³-hybridized carbons (Fsp3) is 0.357. The topological polar surface area (TPSA) is 84.5 Å². The molecule has 118 valence electrons. The van der Waals surface area contributed by atoms with E-state index in [0.29, 0.717) is 5.56 Å². The Bertz CT molecular complexity index is 606. The summed E-state index contributed by atoms with van der Waals surface area (Å²) in [5, 5.41) is 0. The Kier molecular flexibility index (Phi) is 4.63. The summed E-state index contributed by atoms with van der Waals surface area (Å²) in [5.41, 5.74) is 3.75. The number of carbonyl (C=O) groups excluding carboxylic acids is 3. The summed E-state index contributed by atoms with van der Waals surface area (Å²) >= 11 is 11.7. The van der Waals surface area contributed by atoms with Gasteiger partial charge in [-0.2, -0.15) is 0 Å². The van der Waals surface area contributed by atoms with E-state index in [1.165, 1.54) is 0 Å². The Hall–Kier alpha value is -1.79. The van der Waals surface area contributed by atoms with Gasteiger partial charge in [-0.15, -0.1) is 23.2 Å². The van der Waals surface area contributed by atoms with Gasteiger partial charge in [0.15, 0.2) is 6.61 Å². The molecule has 2 rings (SSSR count). The number of hydrazine groups is 1. The second-order valence-electron chi connectivity index (χ2n) is 5.16. The number of esters is 1. The van der Waals surface area contributed by atoms with Gasteiger partial charge in [-0.25, -0.2) is 0 Å². The molecule has 0 heterocycles. The van der Waals surface area contributed by atoms with Crippen molar-refractivity contribution < 1.29 is 19.1 Å². The number of hydrogen-bond donors (Lipinski definition) is 2. The number of nitrogens with one attached hydrogen (secondary N) is 2. The van der Waals surface area contributed by atoms with E-state index in [2.05, 4.69) is 10.9 Å². The zero-order valence-corrected chi connectivity index (χ0v) is 13.2. The maximum absolute atomic E-state index is 11.7. The molecule has 0 spiro atoms. The minimum Gasteiger partial charge on any atom is -0.455 e. The fourth-order valence-electron chi connectivity index (χ4n) is 1.74. The zero-order valence-electron chi connectivity index (χ0n) is 11.7. The average molecular weight is 345 g/mol. The van der Waals surface area contributed by atoms with Crippen LogP contribution in [0.2, 0.25) is 0 Å². The first-order valence-electron chi connectivity index (χ1n) is 6.45. The van der Waals surface area contributed by atoms with Gasteiger partial charge in [-0.05, 0) is 19.1 Å². The summed E-state index contributed by atoms with van der Waals surface area (Å²) in [6.45, 7) is 1.03. The molecule has 0 saturated heterocycles. The van der Waals surface area contributed by atoms with Crippen LogP contribution in [0, 0.1) is 5.41 Å². The molecule has 0 unspecified atom stereocenters. The largest absolute Gasteiger partial charge is 0.455 e. The van der Waals surface area contributed by atoms with Crippen LogP contribution >= 0.6 is 23.2 Å². The van der Waals surface area contributed by atoms with E-state index in [0.717, 1.165) is 0 Å². The fourth-order valence-corrected chi connectivity index (χ4v) is 2.42. The number of ether oxygens (including phenoxy) is 1. The molecule has 1 aromatic rings. The maximum atomic E-state index is 11.7. The molecule has 1 aliphatic carbocycles. The van der Waals surface area contributed by atoms with Crippen molar-refractivity contribution in [2.75, 3.05) is 6.61 Å². The number of halogens is 2. The Balaban J connectivity index is 1.73. The van der Waals surface area contributed by atoms with Crippen molar-refractivity contribution in [3.05, 3.63) is 35.9 Å². The highest BCUT2D eigenvalue weighted by Gasteiger charge is 2.69. The molecule has 1 atom stereocenters. The normalized spacial score (nSPS) is 21.6. The third-order valence-corrected chi connectivity index (χ3v) is 4.50. The third kappa shape index (κ3) is 3.51. The lowest BCUT2D eigenvalue weighted by atomic mass is 10.1. The first-order chi connectivity index (χ1) is 10.3. The molecule has 2 N–H and O–H groups in total. The third-order valence-electron chi connectivity index (χ3n) is 3.39. The standard InChI is InChI=1S/C14H14Cl2N2O4/c1-13(8-14(13,15)16)12(21)22-7-10(19)17-18-11(20)9-5-3-2-4-6-9/h2-6H,7-8H2,1H3,(H,17,19)(H,18,20)/t13-/m1/s1. The number of carbonyl (C=O) groups is 3. The van der Waals surface area contributed by atoms with Crippen LogP contribution in [0.4, 0.5) is 0 Å². The number of amides is 2. The van der Waals surface area contributed by atoms with E-state index in [1.807, 2.05) is 0 Å². The Morgan fingerprint density at radius 3 is 2.32 bits per heavy atom. The van der Waals surface area contributed by atoms with E-state index in [9.17, 15) is 14.4 Å². The van der Waals surface area contributed by atoms with Crippen molar-refractivity contribution in [1.82, 2.24) is 10.9 Å². The Morgan fingerprint density at radius 2 is 1.77 bits per heavy atom. The predicted octanol–water partition coefficient (Wildman–Crippen LogP) is 1.57. The highest BCUT2D eigenvalue weighted by atomic mass is 35.5. The van der Waals surface area contributed by atoms with Gasteiger partial charge in [0.25, 0.3) is 11.8 Å². The van der Waals surface area contributed by atoms with Crippen LogP contribution in [0.1, 0.15) is 23.7 Å². The summed E-state index contributed by atoms with van der Waals surface area (Å²) < 4.78 is 3.68. The monoisotopic (exact) mass is 344 g/mol. The predicted molar refractivity (Wildman–Crippen MR) is 80.2 cm³/mol. The van der Waals surface area contributed by atoms with Crippen molar-refractivity contribution in [1.29, 1.82) is 0 Å². The number of hydrogen-bond acceptors (Lipinski definition) is 4. The summed E-state index contributed by atoms with van der Waals surface area (Å²) in [5.74, 6) is -1.80. The molecule has 1 saturated carbocycles. The molecule has 0 bridgehead atoms. The van der Waals surface area contributed by atoms with Gasteiger partial charge in [0.05, 0.1) is 0 Å². The second kappa shape index (κ2) is 6.14. The van der Waals surface area contributed by atoms with Crippen LogP contribution in [0.15, 0.2) is 30.3 Å². The van der Waals surface area contributed by atoms with Gasteiger partial charge < -0.3 is 4.74 Å². The van der Waals surface area contributed by atoms with Crippen LogP contribution in [-0.2, 0) is 14.3 Å². The van der Waals surface area contributed by atoms with Crippen molar-refractivity contribution in [2.45, 2.75) is 17.7 Å². The molecule has 6 nitrogen and oxygen atoms in total. The number of alkyl halides is 2. The van der Waals surface area contributed by atoms with Crippen LogP contribution in [0.25, 0.3) is 0 Å². The average Bonchev–Trinajstić information content (AvgIpc) is 3.03. The molecule has 8 heteroatoms. The molecule has 22 heavy (non-hydrogen) atoms. The number of rotatable bonds is 4. The maximum Gasteiger partial charge on any atom is 0.315 e. The van der Waals surface area contributed by atoms with E-state index in [-0.39, 0.29) is 6.42 Å². The van der Waals surface area contributed by atoms with Gasteiger partial charge >= 0.3 is 5.97 Å². The van der Waals surface area contributed by atoms with Crippen molar-refractivity contribution >= 4 is 41.0 Å². The summed E-state index contributed by atoms with van der Waals surface area (Å²) in [4.78, 5) is 34.9. The van der Waals surface area contributed by atoms with Gasteiger partial charge in [0.2, 0.25) is 0 Å². The SMILES string of the molecule is C[C@]1(C(=O)OCC(=O)NNC(=O)c2ccccc2)CC1(Cl)Cl. The van der Waals surface area contributed by atoms with Crippen molar-refractivity contribution in [3.8, 4) is 0 Å². The van der Waals surface area contributed by atoms with E-state index in [4.69, 9.17) is 27.9 Å². The molecule has 2 amide bonds. The molecular formula is C14H14Cl2N2O4. The molecule has 1 aliphatic rings. The molecule has 1 aromatic carbocycles. The first kappa shape index (κ1) is 16.6. The highest BCUT2D eigenvalue weighted by Crippen LogP contribution is 2.64. The minimum atomic E-state index is -1.15. The minimum absolute atomic E-state index is 0.272. The van der Waals surface area contributed by atoms with Crippen LogP contribution in [-0.4, -0.2) is 28.7 Å². The molecule has 0 radical (unpaired) electrons. The Labute approximate surface area is 137 Å². The van der Waals surface area contributed by atoms with Crippen molar-refractivity contribution in [2.24, 2.45) is 5.41 Å². The van der Waals surface area contributed by atoms with Gasteiger partial charge in [-0.1, -0.05) is 18.2 Å². The molecule has 1 fully saturated rings. The molecule has 0 aliphatic heterocycles. The smallest absolute Gasteiger partial charge is 0.315 e. The van der Waals surface area contributed by atoms with Gasteiger partial charge in [0, 0.05) is 12.0 Å². The highest BCUT2D eigenvalue weighted by molar-refractivity contribution is 6.53. The first-order valence-corrected chi connectivity index (χ1v) is 7.21. The Morgan fingerprint density at radius 1 is 1.18 bits per heavy atom. The molecular weight excluding hydrogens is 331 g/mol. The second-order valence-corrected chi connectivity index (χ2v) is 6.64. The van der Waals surface area contributed by atoms with Crippen LogP contribution in [0.3, 0.4) is 0 Å². The quantitative estimate of drug-likeness (QED) is 0.493. The van der Waals surface area contributed by atoms with Crippen LogP contribution < -0.4 is 10.9 Å². The zero-order chi connectivity index (χ0) is 16.4. The summed E-state index contributed by atoms with van der Waals surface area (Å²) in [6, 6.07) is 8.34. The van der Waals surface area contributed by atoms with E-state index >= 15 is 0 Å². The van der Waals surface area contributed by atoms with Crippen LogP contribution in [0.5, 0.6) is 0 Å². The van der Waals surface area contributed by atoms with E-state index in [1.54, 1.807) is 37.3 Å². The summed E-state index contributed by atoms with van der Waals surface area (Å²) in [6.07, 6.45) is 0.272. The van der Waals surface area contributed by atoms with E-state index < -0.39 is 34.1 Å². The molecule has 0 aromatic heterocycles. The number of benzene rings is 1. The summed E-state index contributed by atoms with van der Waals surface area (Å²) in [7, 11) is 0. The van der Waals surface area contributed by atoms with Crippen molar-refractivity contribution in [3.63, 3.8) is 0 Å². The lowest BCUT2D eigenvalue weighted by molar-refractivity contribution is -0.153. The lowest BCUT2D eigenvalue weighted by Gasteiger charge is -2.12.